The molecule has 1 aromatic rings. The first-order chi connectivity index (χ1) is 11.6. The lowest BCUT2D eigenvalue weighted by atomic mass is 10.1. The van der Waals surface area contributed by atoms with Crippen molar-refractivity contribution >= 4 is 28.5 Å². The zero-order chi connectivity index (χ0) is 17.2. The van der Waals surface area contributed by atoms with E-state index in [1.54, 1.807) is 12.3 Å². The molecule has 24 heavy (non-hydrogen) atoms. The predicted octanol–water partition coefficient (Wildman–Crippen LogP) is 0.662. The fourth-order valence-corrected chi connectivity index (χ4v) is 3.67. The number of carbonyl (C=O) groups is 1. The first-order valence-electron chi connectivity index (χ1n) is 7.40. The minimum atomic E-state index is -1.36. The zero-order valence-corrected chi connectivity index (χ0v) is 14.0. The Labute approximate surface area is 144 Å². The van der Waals surface area contributed by atoms with E-state index in [-0.39, 0.29) is 11.5 Å². The highest BCUT2D eigenvalue weighted by atomic mass is 32.2. The number of aromatic hydroxyl groups is 1. The van der Waals surface area contributed by atoms with Crippen molar-refractivity contribution in [2.24, 2.45) is 4.99 Å². The number of aromatic nitrogens is 1. The van der Waals surface area contributed by atoms with Crippen LogP contribution in [0.3, 0.4) is 0 Å². The van der Waals surface area contributed by atoms with Gasteiger partial charge in [0.05, 0.1) is 32.2 Å². The molecular formula is C16H17N3O4S. The normalized spacial score (nSPS) is 23.5. The maximum Gasteiger partial charge on any atom is 0.347 e. The third-order valence-electron chi connectivity index (χ3n) is 3.90. The molecule has 0 saturated carbocycles. The monoisotopic (exact) mass is 347 g/mol. The summed E-state index contributed by atoms with van der Waals surface area (Å²) in [5.41, 5.74) is -0.219. The van der Waals surface area contributed by atoms with Gasteiger partial charge in [0.2, 0.25) is 5.54 Å². The van der Waals surface area contributed by atoms with Crippen LogP contribution in [0.4, 0.5) is 5.69 Å². The number of ether oxygens (including phenoxy) is 2. The predicted molar refractivity (Wildman–Crippen MR) is 91.5 cm³/mol. The van der Waals surface area contributed by atoms with Crippen molar-refractivity contribution in [2.45, 2.75) is 5.54 Å². The molecule has 0 unspecified atom stereocenters. The van der Waals surface area contributed by atoms with E-state index in [1.165, 1.54) is 18.9 Å². The topological polar surface area (TPSA) is 84.2 Å². The van der Waals surface area contributed by atoms with E-state index in [9.17, 15) is 9.90 Å². The van der Waals surface area contributed by atoms with Gasteiger partial charge in [-0.1, -0.05) is 5.92 Å². The molecule has 0 bridgehead atoms. The Bertz CT molecular complexity index is 725. The molecule has 0 spiro atoms. The van der Waals surface area contributed by atoms with Crippen LogP contribution in [0.1, 0.15) is 5.69 Å². The lowest BCUT2D eigenvalue weighted by Gasteiger charge is -2.28. The molecule has 0 amide bonds. The quantitative estimate of drug-likeness (QED) is 0.635. The second-order valence-electron chi connectivity index (χ2n) is 5.36. The number of carbonyl (C=O) groups excluding carboxylic acids is 1. The van der Waals surface area contributed by atoms with E-state index in [1.807, 2.05) is 0 Å². The number of terminal acetylenes is 1. The number of thioether (sulfide) groups is 1. The van der Waals surface area contributed by atoms with E-state index >= 15 is 0 Å². The largest absolute Gasteiger partial charge is 0.506 e. The van der Waals surface area contributed by atoms with Gasteiger partial charge in [0.15, 0.2) is 0 Å². The number of pyridine rings is 1. The third kappa shape index (κ3) is 2.92. The summed E-state index contributed by atoms with van der Waals surface area (Å²) in [4.78, 5) is 22.6. The Hall–Kier alpha value is -2.24. The molecule has 2 aliphatic rings. The molecule has 0 aromatic carbocycles. The summed E-state index contributed by atoms with van der Waals surface area (Å²) < 4.78 is 10.1. The lowest BCUT2D eigenvalue weighted by molar-refractivity contribution is -0.143. The van der Waals surface area contributed by atoms with Crippen molar-refractivity contribution in [3.63, 3.8) is 0 Å². The average molecular weight is 347 g/mol. The average Bonchev–Trinajstić information content (AvgIpc) is 3.07. The summed E-state index contributed by atoms with van der Waals surface area (Å²) in [5, 5.41) is 10.8. The molecule has 1 N–H and O–H groups in total. The van der Waals surface area contributed by atoms with Crippen LogP contribution in [0.2, 0.25) is 0 Å². The van der Waals surface area contributed by atoms with Crippen LogP contribution < -0.4 is 4.90 Å². The van der Waals surface area contributed by atoms with Gasteiger partial charge in [-0.25, -0.2) is 14.8 Å². The van der Waals surface area contributed by atoms with Gasteiger partial charge in [0.1, 0.15) is 16.5 Å². The first kappa shape index (κ1) is 16.6. The fourth-order valence-electron chi connectivity index (χ4n) is 2.54. The Morgan fingerprint density at radius 1 is 1.54 bits per heavy atom. The van der Waals surface area contributed by atoms with Crippen LogP contribution >= 0.6 is 11.8 Å². The van der Waals surface area contributed by atoms with E-state index < -0.39 is 11.5 Å². The Morgan fingerprint density at radius 2 is 2.29 bits per heavy atom. The maximum absolute atomic E-state index is 11.9. The molecular weight excluding hydrogens is 330 g/mol. The van der Waals surface area contributed by atoms with Gasteiger partial charge in [-0.2, -0.15) is 0 Å². The number of anilines is 1. The molecule has 7 nitrogen and oxygen atoms in total. The molecule has 1 atom stereocenters. The highest BCUT2D eigenvalue weighted by molar-refractivity contribution is 8.14. The molecule has 0 aliphatic carbocycles. The van der Waals surface area contributed by atoms with Crippen LogP contribution in [0.5, 0.6) is 5.75 Å². The maximum atomic E-state index is 11.9. The van der Waals surface area contributed by atoms with Crippen molar-refractivity contribution in [1.29, 1.82) is 0 Å². The minimum absolute atomic E-state index is 0.00271. The molecule has 3 heterocycles. The van der Waals surface area contributed by atoms with E-state index in [0.29, 0.717) is 24.0 Å². The SMILES string of the molecule is C#C[C@]1(C(=O)OC)CSC(c2ncc(N3CCOCC3)cc2O)=N1. The van der Waals surface area contributed by atoms with Gasteiger partial charge in [0, 0.05) is 24.9 Å². The van der Waals surface area contributed by atoms with Gasteiger partial charge in [0.25, 0.3) is 0 Å². The number of nitrogens with zero attached hydrogens (tertiary/aromatic N) is 3. The van der Waals surface area contributed by atoms with Crippen molar-refractivity contribution in [3.8, 4) is 18.1 Å². The van der Waals surface area contributed by atoms with Gasteiger partial charge < -0.3 is 19.5 Å². The summed E-state index contributed by atoms with van der Waals surface area (Å²) >= 11 is 1.28. The van der Waals surface area contributed by atoms with Gasteiger partial charge in [-0.15, -0.1) is 18.2 Å². The summed E-state index contributed by atoms with van der Waals surface area (Å²) in [7, 11) is 1.27. The number of methoxy groups -OCH3 is 1. The van der Waals surface area contributed by atoms with Crippen LogP contribution in [-0.4, -0.2) is 65.8 Å². The van der Waals surface area contributed by atoms with Gasteiger partial charge in [-0.05, 0) is 0 Å². The Morgan fingerprint density at radius 3 is 2.92 bits per heavy atom. The number of rotatable bonds is 3. The van der Waals surface area contributed by atoms with Crippen LogP contribution in [0.25, 0.3) is 0 Å². The van der Waals surface area contributed by atoms with Crippen molar-refractivity contribution in [2.75, 3.05) is 44.1 Å². The second kappa shape index (κ2) is 6.71. The number of hydrogen-bond acceptors (Lipinski definition) is 8. The van der Waals surface area contributed by atoms with Gasteiger partial charge >= 0.3 is 5.97 Å². The molecule has 1 aromatic heterocycles. The molecule has 2 aliphatic heterocycles. The summed E-state index contributed by atoms with van der Waals surface area (Å²) in [6, 6.07) is 1.64. The van der Waals surface area contributed by atoms with E-state index in [2.05, 4.69) is 20.8 Å². The Kier molecular flexibility index (Phi) is 4.64. The first-order valence-corrected chi connectivity index (χ1v) is 8.39. The molecule has 8 heteroatoms. The number of aliphatic imine (C=N–C) groups is 1. The second-order valence-corrected chi connectivity index (χ2v) is 6.33. The van der Waals surface area contributed by atoms with Gasteiger partial charge in [-0.3, -0.25) is 0 Å². The number of hydrogen-bond donors (Lipinski definition) is 1. The van der Waals surface area contributed by atoms with Crippen molar-refractivity contribution < 1.29 is 19.4 Å². The zero-order valence-electron chi connectivity index (χ0n) is 13.2. The molecule has 1 saturated heterocycles. The molecule has 3 rings (SSSR count). The Balaban J connectivity index is 1.88. The molecule has 0 radical (unpaired) electrons. The number of morpholine rings is 1. The summed E-state index contributed by atoms with van der Waals surface area (Å²) in [6.07, 6.45) is 7.15. The summed E-state index contributed by atoms with van der Waals surface area (Å²) in [5.74, 6) is 2.07. The minimum Gasteiger partial charge on any atom is -0.506 e. The van der Waals surface area contributed by atoms with E-state index in [0.717, 1.165) is 18.8 Å². The molecule has 1 fully saturated rings. The third-order valence-corrected chi connectivity index (χ3v) is 5.02. The number of esters is 1. The fraction of sp³-hybridized carbons (Fsp3) is 0.438. The van der Waals surface area contributed by atoms with Crippen LogP contribution in [0.15, 0.2) is 17.3 Å². The molecule has 126 valence electrons. The smallest absolute Gasteiger partial charge is 0.347 e. The summed E-state index contributed by atoms with van der Waals surface area (Å²) in [6.45, 7) is 2.79. The van der Waals surface area contributed by atoms with E-state index in [4.69, 9.17) is 15.9 Å². The highest BCUT2D eigenvalue weighted by Crippen LogP contribution is 2.34. The lowest BCUT2D eigenvalue weighted by Crippen LogP contribution is -2.36. The van der Waals surface area contributed by atoms with Crippen LogP contribution in [-0.2, 0) is 14.3 Å². The highest BCUT2D eigenvalue weighted by Gasteiger charge is 2.43. The van der Waals surface area contributed by atoms with Crippen LogP contribution in [0, 0.1) is 12.3 Å². The standard InChI is InChI=1S/C16H17N3O4S/c1-3-16(15(21)22-2)10-24-14(18-16)13-12(20)8-11(9-17-13)19-4-6-23-7-5-19/h1,8-9,20H,4-7,10H2,2H3/t16-/m1/s1. The van der Waals surface area contributed by atoms with Crippen molar-refractivity contribution in [1.82, 2.24) is 4.98 Å². The van der Waals surface area contributed by atoms with Crippen molar-refractivity contribution in [3.05, 3.63) is 18.0 Å².